The number of hydrogen-bond acceptors (Lipinski definition) is 8. The van der Waals surface area contributed by atoms with Gasteiger partial charge in [0.15, 0.2) is 0 Å². The van der Waals surface area contributed by atoms with Crippen molar-refractivity contribution in [3.63, 3.8) is 0 Å². The molecule has 10 N–H and O–H groups in total. The van der Waals surface area contributed by atoms with Gasteiger partial charge in [0.1, 0.15) is 29.6 Å². The maximum absolute atomic E-state index is 13.6. The molecule has 0 radical (unpaired) electrons. The van der Waals surface area contributed by atoms with E-state index in [1.807, 2.05) is 13.8 Å². The number of benzene rings is 2. The van der Waals surface area contributed by atoms with E-state index in [1.165, 1.54) is 24.3 Å². The topological polar surface area (TPSA) is 234 Å². The third-order valence-electron chi connectivity index (χ3n) is 6.38. The highest BCUT2D eigenvalue weighted by atomic mass is 16.4. The van der Waals surface area contributed by atoms with Crippen LogP contribution in [-0.4, -0.2) is 69.1 Å². The second-order valence-corrected chi connectivity index (χ2v) is 10.5. The maximum Gasteiger partial charge on any atom is 0.326 e. The van der Waals surface area contributed by atoms with Crippen LogP contribution in [-0.2, 0) is 36.8 Å². The first-order valence-electron chi connectivity index (χ1n) is 13.5. The van der Waals surface area contributed by atoms with E-state index in [9.17, 15) is 39.3 Å². The SMILES string of the molecule is CC(C)CC(NC(=O)C(Cc1ccc(O)cc1)NC(=O)C(Cc1ccc(O)cc1)NC(=O)C(N)CCC(N)=O)C(=O)O. The van der Waals surface area contributed by atoms with Gasteiger partial charge in [-0.15, -0.1) is 0 Å². The number of carboxylic acids is 1. The number of rotatable bonds is 16. The summed E-state index contributed by atoms with van der Waals surface area (Å²) in [6.07, 6.45) is -0.126. The molecule has 4 atom stereocenters. The molecule has 0 aromatic heterocycles. The molecule has 0 aliphatic carbocycles. The first-order valence-corrected chi connectivity index (χ1v) is 13.5. The average molecular weight is 586 g/mol. The molecule has 42 heavy (non-hydrogen) atoms. The van der Waals surface area contributed by atoms with Gasteiger partial charge in [-0.05, 0) is 54.2 Å². The summed E-state index contributed by atoms with van der Waals surface area (Å²) in [5.74, 6) is -4.15. The lowest BCUT2D eigenvalue weighted by Gasteiger charge is -2.26. The summed E-state index contributed by atoms with van der Waals surface area (Å²) in [6, 6.07) is 7.02. The molecule has 0 spiro atoms. The lowest BCUT2D eigenvalue weighted by molar-refractivity contribution is -0.142. The lowest BCUT2D eigenvalue weighted by Crippen LogP contribution is -2.58. The Labute approximate surface area is 243 Å². The van der Waals surface area contributed by atoms with E-state index in [-0.39, 0.29) is 49.5 Å². The zero-order valence-electron chi connectivity index (χ0n) is 23.6. The number of amides is 4. The Morgan fingerprint density at radius 1 is 0.714 bits per heavy atom. The summed E-state index contributed by atoms with van der Waals surface area (Å²) in [6.45, 7) is 3.62. The molecule has 13 heteroatoms. The van der Waals surface area contributed by atoms with Gasteiger partial charge in [0.2, 0.25) is 23.6 Å². The monoisotopic (exact) mass is 585 g/mol. The van der Waals surface area contributed by atoms with Crippen molar-refractivity contribution >= 4 is 29.6 Å². The Morgan fingerprint density at radius 3 is 1.50 bits per heavy atom. The van der Waals surface area contributed by atoms with Gasteiger partial charge in [0, 0.05) is 19.3 Å². The summed E-state index contributed by atoms with van der Waals surface area (Å²) in [5, 5.41) is 36.5. The van der Waals surface area contributed by atoms with Crippen LogP contribution < -0.4 is 27.4 Å². The molecule has 0 aliphatic rings. The van der Waals surface area contributed by atoms with Crippen molar-refractivity contribution < 1.29 is 39.3 Å². The number of aromatic hydroxyl groups is 2. The zero-order valence-corrected chi connectivity index (χ0v) is 23.6. The van der Waals surface area contributed by atoms with Crippen LogP contribution in [0.25, 0.3) is 0 Å². The van der Waals surface area contributed by atoms with Gasteiger partial charge in [-0.3, -0.25) is 19.2 Å². The van der Waals surface area contributed by atoms with Crippen molar-refractivity contribution in [2.75, 3.05) is 0 Å². The molecule has 0 aliphatic heterocycles. The standard InChI is InChI=1S/C29H39N5O8/c1-16(2)13-24(29(41)42)34-28(40)23(15-18-5-9-20(36)10-6-18)33-27(39)22(14-17-3-7-19(35)8-4-17)32-26(38)21(30)11-12-25(31)37/h3-10,16,21-24,35-36H,11-15,30H2,1-2H3,(H2,31,37)(H,32,38)(H,33,39)(H,34,40)(H,41,42). The minimum Gasteiger partial charge on any atom is -0.508 e. The van der Waals surface area contributed by atoms with Crippen LogP contribution in [0.3, 0.4) is 0 Å². The molecule has 4 amide bonds. The Hall–Kier alpha value is -4.65. The Bertz CT molecular complexity index is 1230. The highest BCUT2D eigenvalue weighted by Crippen LogP contribution is 2.14. The van der Waals surface area contributed by atoms with Gasteiger partial charge in [-0.2, -0.15) is 0 Å². The third-order valence-corrected chi connectivity index (χ3v) is 6.38. The smallest absolute Gasteiger partial charge is 0.326 e. The Balaban J connectivity index is 2.33. The van der Waals surface area contributed by atoms with E-state index < -0.39 is 53.8 Å². The summed E-state index contributed by atoms with van der Waals surface area (Å²) < 4.78 is 0. The first kappa shape index (κ1) is 33.6. The van der Waals surface area contributed by atoms with Crippen molar-refractivity contribution in [2.24, 2.45) is 17.4 Å². The summed E-state index contributed by atoms with van der Waals surface area (Å²) in [7, 11) is 0. The van der Waals surface area contributed by atoms with Gasteiger partial charge in [-0.25, -0.2) is 4.79 Å². The number of carbonyl (C=O) groups excluding carboxylic acids is 4. The summed E-state index contributed by atoms with van der Waals surface area (Å²) in [4.78, 5) is 62.6. The van der Waals surface area contributed by atoms with E-state index in [2.05, 4.69) is 16.0 Å². The number of phenolic OH excluding ortho intramolecular Hbond substituents is 2. The number of phenols is 2. The predicted molar refractivity (Wildman–Crippen MR) is 153 cm³/mol. The second-order valence-electron chi connectivity index (χ2n) is 10.5. The maximum atomic E-state index is 13.6. The van der Waals surface area contributed by atoms with E-state index in [0.717, 1.165) is 0 Å². The number of hydrogen-bond donors (Lipinski definition) is 8. The van der Waals surface area contributed by atoms with Crippen LogP contribution in [0.1, 0.15) is 44.2 Å². The van der Waals surface area contributed by atoms with E-state index in [1.54, 1.807) is 24.3 Å². The highest BCUT2D eigenvalue weighted by Gasteiger charge is 2.31. The van der Waals surface area contributed by atoms with Crippen LogP contribution >= 0.6 is 0 Å². The minimum atomic E-state index is -1.25. The first-order chi connectivity index (χ1) is 19.7. The Morgan fingerprint density at radius 2 is 1.12 bits per heavy atom. The number of primary amides is 1. The summed E-state index contributed by atoms with van der Waals surface area (Å²) >= 11 is 0. The largest absolute Gasteiger partial charge is 0.508 e. The van der Waals surface area contributed by atoms with E-state index >= 15 is 0 Å². The predicted octanol–water partition coefficient (Wildman–Crippen LogP) is 0.0609. The molecule has 0 heterocycles. The van der Waals surface area contributed by atoms with Crippen molar-refractivity contribution in [3.8, 4) is 11.5 Å². The molecule has 0 fully saturated rings. The van der Waals surface area contributed by atoms with Crippen LogP contribution in [0.5, 0.6) is 11.5 Å². The number of carbonyl (C=O) groups is 5. The fraction of sp³-hybridized carbons (Fsp3) is 0.414. The van der Waals surface area contributed by atoms with Crippen molar-refractivity contribution in [3.05, 3.63) is 59.7 Å². The molecule has 2 aromatic carbocycles. The van der Waals surface area contributed by atoms with Crippen LogP contribution in [0.15, 0.2) is 48.5 Å². The van der Waals surface area contributed by atoms with E-state index in [0.29, 0.717) is 11.1 Å². The lowest BCUT2D eigenvalue weighted by atomic mass is 10.00. The van der Waals surface area contributed by atoms with Gasteiger partial charge in [0.05, 0.1) is 6.04 Å². The summed E-state index contributed by atoms with van der Waals surface area (Å²) in [5.41, 5.74) is 12.2. The fourth-order valence-corrected chi connectivity index (χ4v) is 4.10. The highest BCUT2D eigenvalue weighted by molar-refractivity contribution is 5.94. The van der Waals surface area contributed by atoms with Crippen LogP contribution in [0, 0.1) is 5.92 Å². The molecule has 2 aromatic rings. The van der Waals surface area contributed by atoms with Gasteiger partial charge in [-0.1, -0.05) is 38.1 Å². The van der Waals surface area contributed by atoms with Gasteiger partial charge >= 0.3 is 5.97 Å². The third kappa shape index (κ3) is 11.5. The fourth-order valence-electron chi connectivity index (χ4n) is 4.10. The van der Waals surface area contributed by atoms with E-state index in [4.69, 9.17) is 11.5 Å². The number of carboxylic acid groups (broad SMARTS) is 1. The molecule has 4 unspecified atom stereocenters. The zero-order chi connectivity index (χ0) is 31.4. The van der Waals surface area contributed by atoms with Gasteiger partial charge in [0.25, 0.3) is 0 Å². The Kier molecular flexibility index (Phi) is 12.8. The molecule has 0 saturated carbocycles. The second kappa shape index (κ2) is 16.0. The molecular formula is C29H39N5O8. The molecular weight excluding hydrogens is 546 g/mol. The molecule has 13 nitrogen and oxygen atoms in total. The quantitative estimate of drug-likeness (QED) is 0.133. The number of nitrogens with two attached hydrogens (primary N) is 2. The molecule has 228 valence electrons. The molecule has 2 rings (SSSR count). The molecule has 0 saturated heterocycles. The minimum absolute atomic E-state index is 0.00252. The average Bonchev–Trinajstić information content (AvgIpc) is 2.92. The van der Waals surface area contributed by atoms with Crippen molar-refractivity contribution in [2.45, 2.75) is 70.1 Å². The van der Waals surface area contributed by atoms with Gasteiger partial charge < -0.3 is 42.7 Å². The normalized spacial score (nSPS) is 13.8. The number of nitrogens with one attached hydrogen (secondary N) is 3. The number of aliphatic carboxylic acids is 1. The van der Waals surface area contributed by atoms with Crippen molar-refractivity contribution in [1.82, 2.24) is 16.0 Å². The van der Waals surface area contributed by atoms with Crippen LogP contribution in [0.2, 0.25) is 0 Å². The van der Waals surface area contributed by atoms with Crippen LogP contribution in [0.4, 0.5) is 0 Å². The van der Waals surface area contributed by atoms with Crippen molar-refractivity contribution in [1.29, 1.82) is 0 Å². The molecule has 0 bridgehead atoms.